The van der Waals surface area contributed by atoms with E-state index in [1.807, 2.05) is 12.1 Å². The zero-order valence-corrected chi connectivity index (χ0v) is 17.8. The second kappa shape index (κ2) is 11.4. The van der Waals surface area contributed by atoms with Crippen molar-refractivity contribution < 1.29 is 9.26 Å². The molecular formula is C22H34N4O2. The Labute approximate surface area is 168 Å². The van der Waals surface area contributed by atoms with E-state index in [-0.39, 0.29) is 0 Å². The Kier molecular flexibility index (Phi) is 8.85. The molecule has 1 atom stereocenters. The van der Waals surface area contributed by atoms with E-state index in [9.17, 15) is 0 Å². The molecule has 0 radical (unpaired) electrons. The van der Waals surface area contributed by atoms with Crippen LogP contribution in [0, 0.1) is 0 Å². The molecule has 2 aromatic rings. The van der Waals surface area contributed by atoms with Gasteiger partial charge in [-0.05, 0) is 43.4 Å². The predicted octanol–water partition coefficient (Wildman–Crippen LogP) is 4.06. The molecular weight excluding hydrogens is 352 g/mol. The number of aromatic nitrogens is 1. The summed E-state index contributed by atoms with van der Waals surface area (Å²) in [5, 5.41) is 10.9. The largest absolute Gasteiger partial charge is 0.497 e. The Bertz CT molecular complexity index is 716. The number of benzene rings is 1. The molecule has 2 rings (SSSR count). The van der Waals surface area contributed by atoms with Gasteiger partial charge in [0.15, 0.2) is 5.96 Å². The average Bonchev–Trinajstić information content (AvgIpc) is 3.13. The highest BCUT2D eigenvalue weighted by Gasteiger charge is 2.13. The Morgan fingerprint density at radius 3 is 2.50 bits per heavy atom. The number of nitrogens with one attached hydrogen (secondary N) is 2. The maximum absolute atomic E-state index is 5.44. The van der Waals surface area contributed by atoms with Crippen LogP contribution in [0.4, 0.5) is 0 Å². The van der Waals surface area contributed by atoms with Crippen LogP contribution < -0.4 is 15.4 Å². The minimum absolute atomic E-state index is 0.456. The number of aliphatic imine (C=N–C) groups is 1. The van der Waals surface area contributed by atoms with Crippen LogP contribution in [-0.2, 0) is 19.4 Å². The van der Waals surface area contributed by atoms with E-state index in [4.69, 9.17) is 14.3 Å². The third-order valence-corrected chi connectivity index (χ3v) is 4.90. The van der Waals surface area contributed by atoms with Gasteiger partial charge in [-0.25, -0.2) is 4.99 Å². The van der Waals surface area contributed by atoms with Crippen LogP contribution in [0.2, 0.25) is 0 Å². The van der Waals surface area contributed by atoms with Gasteiger partial charge in [0.25, 0.3) is 0 Å². The molecule has 6 nitrogen and oxygen atoms in total. The van der Waals surface area contributed by atoms with E-state index >= 15 is 0 Å². The number of nitrogens with zero attached hydrogens (tertiary/aromatic N) is 2. The van der Waals surface area contributed by atoms with E-state index < -0.39 is 0 Å². The van der Waals surface area contributed by atoms with Crippen molar-refractivity contribution in [2.24, 2.45) is 4.99 Å². The second-order valence-electron chi connectivity index (χ2n) is 6.82. The average molecular weight is 387 g/mol. The van der Waals surface area contributed by atoms with Gasteiger partial charge in [-0.2, -0.15) is 0 Å². The van der Waals surface area contributed by atoms with Gasteiger partial charge >= 0.3 is 0 Å². The highest BCUT2D eigenvalue weighted by Crippen LogP contribution is 2.21. The van der Waals surface area contributed by atoms with Crippen molar-refractivity contribution in [2.75, 3.05) is 20.2 Å². The molecule has 0 saturated carbocycles. The van der Waals surface area contributed by atoms with E-state index in [2.05, 4.69) is 55.6 Å². The van der Waals surface area contributed by atoms with Crippen molar-refractivity contribution in [2.45, 2.75) is 59.4 Å². The molecule has 1 heterocycles. The molecule has 0 amide bonds. The summed E-state index contributed by atoms with van der Waals surface area (Å²) in [4.78, 5) is 4.74. The van der Waals surface area contributed by atoms with Gasteiger partial charge < -0.3 is 19.9 Å². The Balaban J connectivity index is 1.93. The summed E-state index contributed by atoms with van der Waals surface area (Å²) >= 11 is 0. The molecule has 0 bridgehead atoms. The molecule has 2 N–H and O–H groups in total. The van der Waals surface area contributed by atoms with Crippen LogP contribution in [0.15, 0.2) is 33.8 Å². The SMILES string of the molecule is CCNC(=NCc1c(CC)noc1CC)NCCC(C)c1ccc(OC)cc1. The fourth-order valence-corrected chi connectivity index (χ4v) is 3.12. The molecule has 28 heavy (non-hydrogen) atoms. The number of methoxy groups -OCH3 is 1. The molecule has 154 valence electrons. The zero-order chi connectivity index (χ0) is 20.4. The van der Waals surface area contributed by atoms with E-state index in [0.717, 1.165) is 61.1 Å². The highest BCUT2D eigenvalue weighted by atomic mass is 16.5. The summed E-state index contributed by atoms with van der Waals surface area (Å²) in [5.41, 5.74) is 3.44. The van der Waals surface area contributed by atoms with Gasteiger partial charge in [0, 0.05) is 25.1 Å². The smallest absolute Gasteiger partial charge is 0.191 e. The number of hydrogen-bond acceptors (Lipinski definition) is 4. The quantitative estimate of drug-likeness (QED) is 0.476. The number of rotatable bonds is 10. The molecule has 1 unspecified atom stereocenters. The van der Waals surface area contributed by atoms with Gasteiger partial charge in [0.05, 0.1) is 19.3 Å². The van der Waals surface area contributed by atoms with E-state index in [1.54, 1.807) is 7.11 Å². The summed E-state index contributed by atoms with van der Waals surface area (Å²) in [7, 11) is 1.69. The first kappa shape index (κ1) is 21.8. The topological polar surface area (TPSA) is 71.7 Å². The fourth-order valence-electron chi connectivity index (χ4n) is 3.12. The molecule has 1 aromatic carbocycles. The number of aryl methyl sites for hydroxylation is 2. The molecule has 0 aliphatic carbocycles. The van der Waals surface area contributed by atoms with Crippen molar-refractivity contribution in [3.8, 4) is 5.75 Å². The number of hydrogen-bond donors (Lipinski definition) is 2. The van der Waals surface area contributed by atoms with Crippen LogP contribution in [0.5, 0.6) is 5.75 Å². The Morgan fingerprint density at radius 2 is 1.89 bits per heavy atom. The van der Waals surface area contributed by atoms with Gasteiger partial charge in [-0.15, -0.1) is 0 Å². The lowest BCUT2D eigenvalue weighted by atomic mass is 9.98. The molecule has 0 aliphatic rings. The van der Waals surface area contributed by atoms with Crippen molar-refractivity contribution in [3.63, 3.8) is 0 Å². The summed E-state index contributed by atoms with van der Waals surface area (Å²) in [5.74, 6) is 3.11. The Hall–Kier alpha value is -2.50. The van der Waals surface area contributed by atoms with Gasteiger partial charge in [-0.1, -0.05) is 38.1 Å². The molecule has 1 aromatic heterocycles. The summed E-state index contributed by atoms with van der Waals surface area (Å²) in [6.07, 6.45) is 2.71. The van der Waals surface area contributed by atoms with Crippen LogP contribution >= 0.6 is 0 Å². The zero-order valence-electron chi connectivity index (χ0n) is 17.8. The van der Waals surface area contributed by atoms with Gasteiger partial charge in [0.2, 0.25) is 0 Å². The summed E-state index contributed by atoms with van der Waals surface area (Å²) in [6, 6.07) is 8.29. The normalized spacial score (nSPS) is 12.7. The lowest BCUT2D eigenvalue weighted by molar-refractivity contribution is 0.380. The maximum atomic E-state index is 5.44. The van der Waals surface area contributed by atoms with Gasteiger partial charge in [0.1, 0.15) is 11.5 Å². The predicted molar refractivity (Wildman–Crippen MR) is 114 cm³/mol. The highest BCUT2D eigenvalue weighted by molar-refractivity contribution is 5.79. The van der Waals surface area contributed by atoms with Crippen LogP contribution in [-0.4, -0.2) is 31.3 Å². The third kappa shape index (κ3) is 6.01. The lowest BCUT2D eigenvalue weighted by Crippen LogP contribution is -2.38. The van der Waals surface area contributed by atoms with E-state index in [0.29, 0.717) is 12.5 Å². The minimum atomic E-state index is 0.456. The first-order chi connectivity index (χ1) is 13.6. The minimum Gasteiger partial charge on any atom is -0.497 e. The molecule has 0 aliphatic heterocycles. The Morgan fingerprint density at radius 1 is 1.14 bits per heavy atom. The first-order valence-electron chi connectivity index (χ1n) is 10.2. The van der Waals surface area contributed by atoms with Crippen molar-refractivity contribution >= 4 is 5.96 Å². The molecule has 6 heteroatoms. The molecule has 0 saturated heterocycles. The van der Waals surface area contributed by atoms with Crippen LogP contribution in [0.1, 0.15) is 62.6 Å². The van der Waals surface area contributed by atoms with Crippen LogP contribution in [0.3, 0.4) is 0 Å². The summed E-state index contributed by atoms with van der Waals surface area (Å²) in [6.45, 7) is 10.7. The third-order valence-electron chi connectivity index (χ3n) is 4.90. The number of ether oxygens (including phenoxy) is 1. The monoisotopic (exact) mass is 386 g/mol. The van der Waals surface area contributed by atoms with Crippen molar-refractivity contribution in [1.82, 2.24) is 15.8 Å². The molecule has 0 fully saturated rings. The van der Waals surface area contributed by atoms with E-state index in [1.165, 1.54) is 5.56 Å². The lowest BCUT2D eigenvalue weighted by Gasteiger charge is -2.15. The first-order valence-corrected chi connectivity index (χ1v) is 10.2. The second-order valence-corrected chi connectivity index (χ2v) is 6.82. The summed E-state index contributed by atoms with van der Waals surface area (Å²) < 4.78 is 10.7. The molecule has 0 spiro atoms. The number of guanidine groups is 1. The standard InChI is InChI=1S/C22H34N4O2/c1-6-20-19(21(7-2)28-26-20)15-25-22(23-8-3)24-14-13-16(4)17-9-11-18(27-5)12-10-17/h9-12,16H,6-8,13-15H2,1-5H3,(H2,23,24,25). The fraction of sp³-hybridized carbons (Fsp3) is 0.545. The van der Waals surface area contributed by atoms with Crippen LogP contribution in [0.25, 0.3) is 0 Å². The van der Waals surface area contributed by atoms with Crippen molar-refractivity contribution in [3.05, 3.63) is 46.8 Å². The maximum Gasteiger partial charge on any atom is 0.191 e. The van der Waals surface area contributed by atoms with Gasteiger partial charge in [-0.3, -0.25) is 0 Å². The van der Waals surface area contributed by atoms with Crippen molar-refractivity contribution in [1.29, 1.82) is 0 Å².